The standard InChI is InChI=1S/C16H15N3O2/c1-17-16(21)13-9-5-8-12-14(11-6-3-2-4-7-11)18-19(10-20)15(12)13/h2-9,20H,10H2,1H3,(H,17,21). The van der Waals surface area contributed by atoms with Crippen LogP contribution in [0.1, 0.15) is 10.4 Å². The zero-order valence-corrected chi connectivity index (χ0v) is 11.6. The van der Waals surface area contributed by atoms with E-state index in [4.69, 9.17) is 0 Å². The van der Waals surface area contributed by atoms with Gasteiger partial charge < -0.3 is 10.4 Å². The van der Waals surface area contributed by atoms with Gasteiger partial charge in [-0.05, 0) is 6.07 Å². The Balaban J connectivity index is 2.32. The van der Waals surface area contributed by atoms with Crippen molar-refractivity contribution in [3.05, 3.63) is 54.1 Å². The van der Waals surface area contributed by atoms with Crippen LogP contribution in [0.3, 0.4) is 0 Å². The molecule has 0 aliphatic rings. The zero-order chi connectivity index (χ0) is 14.8. The maximum Gasteiger partial charge on any atom is 0.253 e. The van der Waals surface area contributed by atoms with Crippen LogP contribution < -0.4 is 5.32 Å². The molecule has 5 heteroatoms. The molecule has 1 aromatic heterocycles. The van der Waals surface area contributed by atoms with E-state index in [1.165, 1.54) is 4.68 Å². The van der Waals surface area contributed by atoms with Gasteiger partial charge in [0, 0.05) is 18.0 Å². The van der Waals surface area contributed by atoms with Crippen LogP contribution in [-0.2, 0) is 6.73 Å². The minimum Gasteiger partial charge on any atom is -0.374 e. The topological polar surface area (TPSA) is 67.2 Å². The van der Waals surface area contributed by atoms with E-state index in [0.717, 1.165) is 16.6 Å². The second-order valence-corrected chi connectivity index (χ2v) is 4.64. The minimum atomic E-state index is -0.280. The summed E-state index contributed by atoms with van der Waals surface area (Å²) < 4.78 is 1.45. The lowest BCUT2D eigenvalue weighted by molar-refractivity contribution is 0.0964. The van der Waals surface area contributed by atoms with E-state index in [-0.39, 0.29) is 12.6 Å². The van der Waals surface area contributed by atoms with Crippen molar-refractivity contribution < 1.29 is 9.90 Å². The summed E-state index contributed by atoms with van der Waals surface area (Å²) in [6.45, 7) is -0.280. The molecule has 2 N–H and O–H groups in total. The first-order valence-electron chi connectivity index (χ1n) is 6.64. The number of para-hydroxylation sites is 1. The second-order valence-electron chi connectivity index (χ2n) is 4.64. The van der Waals surface area contributed by atoms with E-state index in [2.05, 4.69) is 10.4 Å². The summed E-state index contributed by atoms with van der Waals surface area (Å²) in [5, 5.41) is 17.4. The summed E-state index contributed by atoms with van der Waals surface area (Å²) >= 11 is 0. The average Bonchev–Trinajstić information content (AvgIpc) is 2.93. The largest absolute Gasteiger partial charge is 0.374 e. The Hall–Kier alpha value is -2.66. The van der Waals surface area contributed by atoms with E-state index >= 15 is 0 Å². The molecule has 21 heavy (non-hydrogen) atoms. The van der Waals surface area contributed by atoms with Crippen LogP contribution in [0.2, 0.25) is 0 Å². The third-order valence-electron chi connectivity index (χ3n) is 3.42. The van der Waals surface area contributed by atoms with Gasteiger partial charge in [-0.3, -0.25) is 4.79 Å². The molecule has 0 aliphatic carbocycles. The zero-order valence-electron chi connectivity index (χ0n) is 11.6. The molecule has 5 nitrogen and oxygen atoms in total. The quantitative estimate of drug-likeness (QED) is 0.771. The molecule has 0 fully saturated rings. The Bertz CT molecular complexity index is 794. The number of carbonyl (C=O) groups excluding carboxylic acids is 1. The molecule has 0 atom stereocenters. The summed E-state index contributed by atoms with van der Waals surface area (Å²) in [6, 6.07) is 15.2. The highest BCUT2D eigenvalue weighted by atomic mass is 16.3. The fourth-order valence-electron chi connectivity index (χ4n) is 2.47. The molecule has 3 rings (SSSR count). The number of carbonyl (C=O) groups is 1. The molecule has 106 valence electrons. The first kappa shape index (κ1) is 13.3. The normalized spacial score (nSPS) is 10.8. The molecule has 2 aromatic carbocycles. The number of amides is 1. The van der Waals surface area contributed by atoms with Crippen molar-refractivity contribution in [2.75, 3.05) is 7.05 Å². The number of nitrogens with one attached hydrogen (secondary N) is 1. The molecule has 3 aromatic rings. The molecule has 0 saturated carbocycles. The van der Waals surface area contributed by atoms with Gasteiger partial charge >= 0.3 is 0 Å². The maximum absolute atomic E-state index is 12.0. The molecule has 0 unspecified atom stereocenters. The smallest absolute Gasteiger partial charge is 0.253 e. The third-order valence-corrected chi connectivity index (χ3v) is 3.42. The van der Waals surface area contributed by atoms with Crippen molar-refractivity contribution in [3.8, 4) is 11.3 Å². The number of aromatic nitrogens is 2. The minimum absolute atomic E-state index is 0.199. The van der Waals surface area contributed by atoms with Crippen LogP contribution in [0.4, 0.5) is 0 Å². The molecule has 0 aliphatic heterocycles. The molecule has 1 amide bonds. The SMILES string of the molecule is CNC(=O)c1cccc2c(-c3ccccc3)nn(CO)c12. The summed E-state index contributed by atoms with van der Waals surface area (Å²) in [7, 11) is 1.58. The summed E-state index contributed by atoms with van der Waals surface area (Å²) in [4.78, 5) is 12.0. The van der Waals surface area contributed by atoms with E-state index < -0.39 is 0 Å². The van der Waals surface area contributed by atoms with Crippen molar-refractivity contribution in [1.82, 2.24) is 15.1 Å². The van der Waals surface area contributed by atoms with Crippen molar-refractivity contribution >= 4 is 16.8 Å². The maximum atomic E-state index is 12.0. The van der Waals surface area contributed by atoms with E-state index in [1.54, 1.807) is 13.1 Å². The number of aliphatic hydroxyl groups excluding tert-OH is 1. The fraction of sp³-hybridized carbons (Fsp3) is 0.125. The highest BCUT2D eigenvalue weighted by Gasteiger charge is 2.17. The Labute approximate surface area is 121 Å². The number of rotatable bonds is 3. The number of benzene rings is 2. The van der Waals surface area contributed by atoms with Crippen LogP contribution in [0.5, 0.6) is 0 Å². The lowest BCUT2D eigenvalue weighted by Crippen LogP contribution is -2.19. The first-order chi connectivity index (χ1) is 10.3. The van der Waals surface area contributed by atoms with Gasteiger partial charge in [0.1, 0.15) is 12.4 Å². The number of aliphatic hydroxyl groups is 1. The summed E-state index contributed by atoms with van der Waals surface area (Å²) in [6.07, 6.45) is 0. The van der Waals surface area contributed by atoms with Gasteiger partial charge in [0.05, 0.1) is 11.1 Å². The molecular weight excluding hydrogens is 266 g/mol. The second kappa shape index (κ2) is 5.38. The molecule has 1 heterocycles. The molecule has 0 bridgehead atoms. The van der Waals surface area contributed by atoms with Gasteiger partial charge in [-0.15, -0.1) is 0 Å². The number of hydrogen-bond donors (Lipinski definition) is 2. The Kier molecular flexibility index (Phi) is 3.41. The third kappa shape index (κ3) is 2.17. The van der Waals surface area contributed by atoms with Crippen LogP contribution in [0.25, 0.3) is 22.2 Å². The molecular formula is C16H15N3O2. The van der Waals surface area contributed by atoms with Crippen molar-refractivity contribution in [2.24, 2.45) is 0 Å². The van der Waals surface area contributed by atoms with Gasteiger partial charge in [0.2, 0.25) is 0 Å². The van der Waals surface area contributed by atoms with Gasteiger partial charge in [0.25, 0.3) is 5.91 Å². The van der Waals surface area contributed by atoms with Crippen molar-refractivity contribution in [1.29, 1.82) is 0 Å². The Morgan fingerprint density at radius 1 is 1.19 bits per heavy atom. The van der Waals surface area contributed by atoms with Crippen LogP contribution in [0, 0.1) is 0 Å². The lowest BCUT2D eigenvalue weighted by Gasteiger charge is -2.04. The molecule has 0 saturated heterocycles. The highest BCUT2D eigenvalue weighted by molar-refractivity contribution is 6.08. The molecule has 0 radical (unpaired) electrons. The number of fused-ring (bicyclic) bond motifs is 1. The lowest BCUT2D eigenvalue weighted by atomic mass is 10.0. The van der Waals surface area contributed by atoms with Crippen molar-refractivity contribution in [2.45, 2.75) is 6.73 Å². The monoisotopic (exact) mass is 281 g/mol. The van der Waals surface area contributed by atoms with E-state index in [9.17, 15) is 9.90 Å². The van der Waals surface area contributed by atoms with Crippen LogP contribution >= 0.6 is 0 Å². The first-order valence-corrected chi connectivity index (χ1v) is 6.64. The van der Waals surface area contributed by atoms with Gasteiger partial charge in [-0.2, -0.15) is 5.10 Å². The highest BCUT2D eigenvalue weighted by Crippen LogP contribution is 2.29. The number of nitrogens with zero attached hydrogens (tertiary/aromatic N) is 2. The summed E-state index contributed by atoms with van der Waals surface area (Å²) in [5.41, 5.74) is 2.84. The fourth-order valence-corrected chi connectivity index (χ4v) is 2.47. The van der Waals surface area contributed by atoms with Gasteiger partial charge in [-0.1, -0.05) is 42.5 Å². The van der Waals surface area contributed by atoms with Gasteiger partial charge in [0.15, 0.2) is 0 Å². The predicted octanol–water partition coefficient (Wildman–Crippen LogP) is 2.01. The van der Waals surface area contributed by atoms with Gasteiger partial charge in [-0.25, -0.2) is 4.68 Å². The molecule has 0 spiro atoms. The Morgan fingerprint density at radius 2 is 1.95 bits per heavy atom. The Morgan fingerprint density at radius 3 is 2.62 bits per heavy atom. The summed E-state index contributed by atoms with van der Waals surface area (Å²) in [5.74, 6) is -0.199. The van der Waals surface area contributed by atoms with Crippen molar-refractivity contribution in [3.63, 3.8) is 0 Å². The van der Waals surface area contributed by atoms with Crippen LogP contribution in [-0.4, -0.2) is 27.8 Å². The average molecular weight is 281 g/mol. The van der Waals surface area contributed by atoms with E-state index in [1.807, 2.05) is 42.5 Å². The van der Waals surface area contributed by atoms with E-state index in [0.29, 0.717) is 11.1 Å². The predicted molar refractivity (Wildman–Crippen MR) is 80.8 cm³/mol. The number of hydrogen-bond acceptors (Lipinski definition) is 3. The van der Waals surface area contributed by atoms with Crippen LogP contribution in [0.15, 0.2) is 48.5 Å².